The van der Waals surface area contributed by atoms with Crippen LogP contribution in [0.2, 0.25) is 0 Å². The maximum Gasteiger partial charge on any atom is 0.122 e. The molecule has 4 nitrogen and oxygen atoms in total. The fraction of sp³-hybridized carbons (Fsp3) is 0.571. The largest absolute Gasteiger partial charge is 0.493 e. The van der Waals surface area contributed by atoms with Gasteiger partial charge in [-0.15, -0.1) is 0 Å². The van der Waals surface area contributed by atoms with Crippen LogP contribution in [0, 0.1) is 0 Å². The average molecular weight is 248 g/mol. The molecular weight excluding hydrogens is 228 g/mol. The number of nitrogens with two attached hydrogens (primary N) is 1. The Kier molecular flexibility index (Phi) is 3.24. The summed E-state index contributed by atoms with van der Waals surface area (Å²) in [5, 5.41) is 0. The van der Waals surface area contributed by atoms with E-state index in [1.165, 1.54) is 5.56 Å². The minimum absolute atomic E-state index is 0.0568. The Balaban J connectivity index is 1.77. The summed E-state index contributed by atoms with van der Waals surface area (Å²) >= 11 is 0. The third kappa shape index (κ3) is 2.23. The first-order valence-corrected chi connectivity index (χ1v) is 6.55. The van der Waals surface area contributed by atoms with Crippen molar-refractivity contribution in [2.24, 2.45) is 5.73 Å². The molecule has 2 aliphatic heterocycles. The molecule has 18 heavy (non-hydrogen) atoms. The zero-order valence-corrected chi connectivity index (χ0v) is 10.8. The molecular formula is C14H20N2O2. The highest BCUT2D eigenvalue weighted by atomic mass is 16.5. The lowest BCUT2D eigenvalue weighted by molar-refractivity contribution is -0.0326. The van der Waals surface area contributed by atoms with Gasteiger partial charge in [0, 0.05) is 19.5 Å². The molecule has 1 aromatic carbocycles. The molecule has 2 aliphatic rings. The van der Waals surface area contributed by atoms with Gasteiger partial charge in [-0.3, -0.25) is 0 Å². The normalized spacial score (nSPS) is 25.6. The van der Waals surface area contributed by atoms with Crippen LogP contribution in [0.4, 0.5) is 0 Å². The second-order valence-corrected chi connectivity index (χ2v) is 5.16. The Morgan fingerprint density at radius 2 is 2.28 bits per heavy atom. The van der Waals surface area contributed by atoms with Crippen molar-refractivity contribution in [2.75, 3.05) is 33.4 Å². The van der Waals surface area contributed by atoms with Crippen molar-refractivity contribution in [1.29, 1.82) is 0 Å². The Hall–Kier alpha value is -1.10. The molecule has 0 spiro atoms. The Labute approximate surface area is 108 Å². The molecule has 0 radical (unpaired) electrons. The molecule has 3 rings (SSSR count). The van der Waals surface area contributed by atoms with E-state index in [9.17, 15) is 0 Å². The van der Waals surface area contributed by atoms with Crippen molar-refractivity contribution < 1.29 is 9.47 Å². The summed E-state index contributed by atoms with van der Waals surface area (Å²) < 4.78 is 11.3. The van der Waals surface area contributed by atoms with Gasteiger partial charge in [-0.2, -0.15) is 0 Å². The highest BCUT2D eigenvalue weighted by molar-refractivity contribution is 5.41. The van der Waals surface area contributed by atoms with Crippen LogP contribution in [-0.4, -0.2) is 44.4 Å². The number of fused-ring (bicyclic) bond motifs is 1. The number of nitrogens with zero attached hydrogens (tertiary/aromatic N) is 1. The van der Waals surface area contributed by atoms with Gasteiger partial charge in [0.25, 0.3) is 0 Å². The van der Waals surface area contributed by atoms with Gasteiger partial charge in [0.2, 0.25) is 0 Å². The Morgan fingerprint density at radius 1 is 1.39 bits per heavy atom. The van der Waals surface area contributed by atoms with Crippen LogP contribution in [-0.2, 0) is 11.2 Å². The number of rotatable bonds is 2. The number of hydrogen-bond donors (Lipinski definition) is 1. The van der Waals surface area contributed by atoms with E-state index in [2.05, 4.69) is 24.1 Å². The van der Waals surface area contributed by atoms with E-state index < -0.39 is 0 Å². The van der Waals surface area contributed by atoms with Crippen LogP contribution < -0.4 is 10.5 Å². The predicted octanol–water partition coefficient (Wildman–Crippen LogP) is 0.952. The molecule has 1 saturated heterocycles. The number of ether oxygens (including phenoxy) is 2. The van der Waals surface area contributed by atoms with Gasteiger partial charge in [-0.1, -0.05) is 12.1 Å². The first kappa shape index (κ1) is 12.0. The second-order valence-electron chi connectivity index (χ2n) is 5.16. The van der Waals surface area contributed by atoms with Gasteiger partial charge < -0.3 is 20.1 Å². The van der Waals surface area contributed by atoms with Crippen LogP contribution in [0.25, 0.3) is 0 Å². The lowest BCUT2D eigenvalue weighted by Crippen LogP contribution is -2.45. The summed E-state index contributed by atoms with van der Waals surface area (Å²) in [7, 11) is 2.11. The summed E-state index contributed by atoms with van der Waals surface area (Å²) in [6, 6.07) is 6.21. The predicted molar refractivity (Wildman–Crippen MR) is 69.8 cm³/mol. The van der Waals surface area contributed by atoms with Crippen LogP contribution in [0.1, 0.15) is 17.2 Å². The minimum Gasteiger partial charge on any atom is -0.493 e. The van der Waals surface area contributed by atoms with Gasteiger partial charge in [-0.25, -0.2) is 0 Å². The van der Waals surface area contributed by atoms with Crippen molar-refractivity contribution in [3.8, 4) is 5.75 Å². The van der Waals surface area contributed by atoms with Crippen LogP contribution in [0.3, 0.4) is 0 Å². The summed E-state index contributed by atoms with van der Waals surface area (Å²) in [5.41, 5.74) is 8.76. The SMILES string of the molecule is CN1CCOC(C(N)c2ccc3c(c2)CCO3)C1. The molecule has 98 valence electrons. The van der Waals surface area contributed by atoms with Crippen molar-refractivity contribution >= 4 is 0 Å². The average Bonchev–Trinajstić information content (AvgIpc) is 2.85. The molecule has 0 amide bonds. The summed E-state index contributed by atoms with van der Waals surface area (Å²) in [6.07, 6.45) is 1.07. The molecule has 1 aromatic rings. The molecule has 0 bridgehead atoms. The van der Waals surface area contributed by atoms with Crippen molar-refractivity contribution in [2.45, 2.75) is 18.6 Å². The van der Waals surface area contributed by atoms with Gasteiger partial charge in [-0.05, 0) is 24.2 Å². The van der Waals surface area contributed by atoms with Crippen LogP contribution in [0.5, 0.6) is 5.75 Å². The maximum atomic E-state index is 6.33. The molecule has 2 heterocycles. The lowest BCUT2D eigenvalue weighted by Gasteiger charge is -2.33. The van der Waals surface area contributed by atoms with E-state index in [4.69, 9.17) is 15.2 Å². The van der Waals surface area contributed by atoms with Gasteiger partial charge >= 0.3 is 0 Å². The lowest BCUT2D eigenvalue weighted by atomic mass is 9.98. The zero-order valence-electron chi connectivity index (χ0n) is 10.8. The number of morpholine rings is 1. The fourth-order valence-corrected chi connectivity index (χ4v) is 2.66. The second kappa shape index (κ2) is 4.88. The molecule has 1 fully saturated rings. The standard InChI is InChI=1S/C14H20N2O2/c1-16-5-7-18-13(9-16)14(15)11-2-3-12-10(8-11)4-6-17-12/h2-3,8,13-14H,4-7,9,15H2,1H3. The molecule has 0 saturated carbocycles. The molecule has 0 aromatic heterocycles. The number of benzene rings is 1. The van der Waals surface area contributed by atoms with Crippen molar-refractivity contribution in [3.05, 3.63) is 29.3 Å². The minimum atomic E-state index is -0.0568. The Morgan fingerprint density at radius 3 is 3.11 bits per heavy atom. The van der Waals surface area contributed by atoms with Crippen LogP contribution in [0.15, 0.2) is 18.2 Å². The zero-order chi connectivity index (χ0) is 12.5. The summed E-state index contributed by atoms with van der Waals surface area (Å²) in [5.74, 6) is 1.01. The van der Waals surface area contributed by atoms with Crippen LogP contribution >= 0.6 is 0 Å². The molecule has 2 N–H and O–H groups in total. The topological polar surface area (TPSA) is 47.7 Å². The van der Waals surface area contributed by atoms with Gasteiger partial charge in [0.05, 0.1) is 25.4 Å². The monoisotopic (exact) mass is 248 g/mol. The number of hydrogen-bond acceptors (Lipinski definition) is 4. The van der Waals surface area contributed by atoms with E-state index in [1.807, 2.05) is 6.07 Å². The first-order valence-electron chi connectivity index (χ1n) is 6.55. The van der Waals surface area contributed by atoms with E-state index in [-0.39, 0.29) is 12.1 Å². The van der Waals surface area contributed by atoms with E-state index in [0.717, 1.165) is 44.0 Å². The molecule has 2 unspecified atom stereocenters. The summed E-state index contributed by atoms with van der Waals surface area (Å²) in [4.78, 5) is 2.27. The number of likely N-dealkylation sites (N-methyl/N-ethyl adjacent to an activating group) is 1. The Bertz CT molecular complexity index is 436. The highest BCUT2D eigenvalue weighted by Crippen LogP contribution is 2.29. The van der Waals surface area contributed by atoms with E-state index in [1.54, 1.807) is 0 Å². The quantitative estimate of drug-likeness (QED) is 0.846. The van der Waals surface area contributed by atoms with Crippen molar-refractivity contribution in [1.82, 2.24) is 4.90 Å². The van der Waals surface area contributed by atoms with Gasteiger partial charge in [0.1, 0.15) is 5.75 Å². The van der Waals surface area contributed by atoms with Gasteiger partial charge in [0.15, 0.2) is 0 Å². The molecule has 2 atom stereocenters. The summed E-state index contributed by atoms with van der Waals surface area (Å²) in [6.45, 7) is 3.44. The van der Waals surface area contributed by atoms with Crippen molar-refractivity contribution in [3.63, 3.8) is 0 Å². The fourth-order valence-electron chi connectivity index (χ4n) is 2.66. The van der Waals surface area contributed by atoms with E-state index >= 15 is 0 Å². The third-order valence-electron chi connectivity index (χ3n) is 3.80. The highest BCUT2D eigenvalue weighted by Gasteiger charge is 2.26. The van der Waals surface area contributed by atoms with E-state index in [0.29, 0.717) is 0 Å². The first-order chi connectivity index (χ1) is 8.74. The molecule has 4 heteroatoms. The maximum absolute atomic E-state index is 6.33. The molecule has 0 aliphatic carbocycles. The smallest absolute Gasteiger partial charge is 0.122 e. The third-order valence-corrected chi connectivity index (χ3v) is 3.80.